The van der Waals surface area contributed by atoms with E-state index in [4.69, 9.17) is 9.72 Å². The molecule has 0 spiro atoms. The molecular weight excluding hydrogens is 360 g/mol. The third-order valence-corrected chi connectivity index (χ3v) is 5.07. The van der Waals surface area contributed by atoms with Gasteiger partial charge in [-0.3, -0.25) is 0 Å². The molecule has 2 aromatic heterocycles. The highest BCUT2D eigenvalue weighted by Gasteiger charge is 2.40. The first-order valence-electron chi connectivity index (χ1n) is 9.52. The van der Waals surface area contributed by atoms with Crippen LogP contribution in [0.15, 0.2) is 104 Å². The van der Waals surface area contributed by atoms with Gasteiger partial charge >= 0.3 is 0 Å². The van der Waals surface area contributed by atoms with Gasteiger partial charge in [-0.25, -0.2) is 9.97 Å². The van der Waals surface area contributed by atoms with Gasteiger partial charge in [-0.05, 0) is 23.3 Å². The maximum Gasteiger partial charge on any atom is 0.178 e. The Bertz CT molecular complexity index is 1130. The molecule has 5 nitrogen and oxygen atoms in total. The molecule has 0 unspecified atom stereocenters. The van der Waals surface area contributed by atoms with Crippen molar-refractivity contribution in [3.8, 4) is 0 Å². The number of ether oxygens (including phenoxy) is 1. The van der Waals surface area contributed by atoms with E-state index in [1.54, 1.807) is 12.5 Å². The van der Waals surface area contributed by atoms with Gasteiger partial charge in [-0.2, -0.15) is 0 Å². The molecule has 3 aromatic carbocycles. The number of hydrogen-bond acceptors (Lipinski definition) is 3. The standard InChI is InChI=1S/C24H20N4O/c1-3-9-19(10-4-1)24(20-11-5-2-6-12-20,29-18-28-16-15-25-17-28)23-26-21-13-7-8-14-22(21)27-23/h1-17H,18H2,(H,26,27). The predicted molar refractivity (Wildman–Crippen MR) is 112 cm³/mol. The maximum atomic E-state index is 6.69. The summed E-state index contributed by atoms with van der Waals surface area (Å²) in [5.74, 6) is 0.746. The third kappa shape index (κ3) is 3.11. The Morgan fingerprint density at radius 2 is 1.48 bits per heavy atom. The SMILES string of the molecule is c1ccc(C(OCn2ccnc2)(c2ccccc2)c2nc3ccccc3[nH]2)cc1. The average molecular weight is 380 g/mol. The smallest absolute Gasteiger partial charge is 0.178 e. The second kappa shape index (κ2) is 7.37. The van der Waals surface area contributed by atoms with Crippen LogP contribution >= 0.6 is 0 Å². The Balaban J connectivity index is 1.75. The highest BCUT2D eigenvalue weighted by Crippen LogP contribution is 2.40. The van der Waals surface area contributed by atoms with Gasteiger partial charge in [0.1, 0.15) is 12.6 Å². The van der Waals surface area contributed by atoms with E-state index in [0.29, 0.717) is 6.73 Å². The van der Waals surface area contributed by atoms with Crippen LogP contribution in [-0.2, 0) is 17.1 Å². The first-order chi connectivity index (χ1) is 14.4. The Hall–Kier alpha value is -3.70. The molecule has 0 bridgehead atoms. The minimum absolute atomic E-state index is 0.334. The molecule has 0 fully saturated rings. The summed E-state index contributed by atoms with van der Waals surface area (Å²) in [6.07, 6.45) is 5.38. The Morgan fingerprint density at radius 1 is 0.828 bits per heavy atom. The molecule has 0 aliphatic carbocycles. The van der Waals surface area contributed by atoms with E-state index in [-0.39, 0.29) is 0 Å². The summed E-state index contributed by atoms with van der Waals surface area (Å²) < 4.78 is 8.60. The van der Waals surface area contributed by atoms with Gasteiger partial charge in [0.25, 0.3) is 0 Å². The van der Waals surface area contributed by atoms with Gasteiger partial charge in [0.15, 0.2) is 5.60 Å². The monoisotopic (exact) mass is 380 g/mol. The van der Waals surface area contributed by atoms with Crippen molar-refractivity contribution in [3.05, 3.63) is 121 Å². The highest BCUT2D eigenvalue weighted by atomic mass is 16.5. The first-order valence-corrected chi connectivity index (χ1v) is 9.52. The molecule has 0 amide bonds. The maximum absolute atomic E-state index is 6.69. The van der Waals surface area contributed by atoms with Gasteiger partial charge in [0, 0.05) is 12.4 Å². The minimum atomic E-state index is -0.897. The summed E-state index contributed by atoms with van der Waals surface area (Å²) in [7, 11) is 0. The molecule has 5 aromatic rings. The zero-order valence-corrected chi connectivity index (χ0v) is 15.8. The summed E-state index contributed by atoms with van der Waals surface area (Å²) in [5.41, 5.74) is 3.00. The van der Waals surface area contributed by atoms with E-state index in [1.165, 1.54) is 0 Å². The topological polar surface area (TPSA) is 55.7 Å². The van der Waals surface area contributed by atoms with Crippen LogP contribution in [0.3, 0.4) is 0 Å². The second-order valence-corrected chi connectivity index (χ2v) is 6.87. The number of fused-ring (bicyclic) bond motifs is 1. The van der Waals surface area contributed by atoms with Crippen molar-refractivity contribution >= 4 is 11.0 Å². The molecule has 1 N–H and O–H groups in total. The Labute approximate surface area is 168 Å². The second-order valence-electron chi connectivity index (χ2n) is 6.87. The summed E-state index contributed by atoms with van der Waals surface area (Å²) in [6.45, 7) is 0.334. The zero-order chi connectivity index (χ0) is 19.5. The number of H-pyrrole nitrogens is 1. The lowest BCUT2D eigenvalue weighted by molar-refractivity contribution is -0.0348. The number of hydrogen-bond donors (Lipinski definition) is 1. The predicted octanol–water partition coefficient (Wildman–Crippen LogP) is 4.73. The number of nitrogens with zero attached hydrogens (tertiary/aromatic N) is 3. The molecule has 142 valence electrons. The van der Waals surface area contributed by atoms with Crippen molar-refractivity contribution in [1.29, 1.82) is 0 Å². The minimum Gasteiger partial charge on any atom is -0.339 e. The van der Waals surface area contributed by atoms with Crippen LogP contribution < -0.4 is 0 Å². The zero-order valence-electron chi connectivity index (χ0n) is 15.8. The van der Waals surface area contributed by atoms with Gasteiger partial charge in [0.05, 0.1) is 17.4 Å². The van der Waals surface area contributed by atoms with Crippen molar-refractivity contribution in [2.45, 2.75) is 12.3 Å². The number of aromatic nitrogens is 4. The van der Waals surface area contributed by atoms with Crippen LogP contribution in [0.4, 0.5) is 0 Å². The highest BCUT2D eigenvalue weighted by molar-refractivity contribution is 5.75. The van der Waals surface area contributed by atoms with E-state index in [9.17, 15) is 0 Å². The van der Waals surface area contributed by atoms with Gasteiger partial charge < -0.3 is 14.3 Å². The molecule has 0 saturated carbocycles. The number of para-hydroxylation sites is 2. The van der Waals surface area contributed by atoms with Crippen LogP contribution in [0.25, 0.3) is 11.0 Å². The number of nitrogens with one attached hydrogen (secondary N) is 1. The molecule has 0 atom stereocenters. The molecule has 0 radical (unpaired) electrons. The van der Waals surface area contributed by atoms with Gasteiger partial charge in [-0.15, -0.1) is 0 Å². The van der Waals surface area contributed by atoms with Crippen molar-refractivity contribution in [3.63, 3.8) is 0 Å². The van der Waals surface area contributed by atoms with E-state index in [0.717, 1.165) is 28.0 Å². The van der Waals surface area contributed by atoms with Crippen molar-refractivity contribution in [2.75, 3.05) is 0 Å². The molecule has 5 heteroatoms. The van der Waals surface area contributed by atoms with Crippen LogP contribution in [0, 0.1) is 0 Å². The number of aromatic amines is 1. The van der Waals surface area contributed by atoms with E-state index in [1.807, 2.05) is 71.4 Å². The van der Waals surface area contributed by atoms with E-state index < -0.39 is 5.60 Å². The molecule has 0 saturated heterocycles. The van der Waals surface area contributed by atoms with Gasteiger partial charge in [-0.1, -0.05) is 72.8 Å². The van der Waals surface area contributed by atoms with Crippen molar-refractivity contribution in [2.24, 2.45) is 0 Å². The number of imidazole rings is 2. The number of rotatable bonds is 6. The van der Waals surface area contributed by atoms with Crippen LogP contribution in [-0.4, -0.2) is 19.5 Å². The average Bonchev–Trinajstić information content (AvgIpc) is 3.46. The Kier molecular flexibility index (Phi) is 4.42. The molecule has 2 heterocycles. The molecule has 29 heavy (non-hydrogen) atoms. The fraction of sp³-hybridized carbons (Fsp3) is 0.0833. The summed E-state index contributed by atoms with van der Waals surface area (Å²) in [5, 5.41) is 0. The van der Waals surface area contributed by atoms with Crippen LogP contribution in [0.1, 0.15) is 17.0 Å². The quantitative estimate of drug-likeness (QED) is 0.463. The fourth-order valence-electron chi connectivity index (χ4n) is 3.67. The van der Waals surface area contributed by atoms with E-state index in [2.05, 4.69) is 34.2 Å². The third-order valence-electron chi connectivity index (χ3n) is 5.07. The normalized spacial score (nSPS) is 11.7. The van der Waals surface area contributed by atoms with Crippen LogP contribution in [0.5, 0.6) is 0 Å². The lowest BCUT2D eigenvalue weighted by Crippen LogP contribution is -2.34. The lowest BCUT2D eigenvalue weighted by Gasteiger charge is -2.33. The first kappa shape index (κ1) is 17.4. The molecule has 0 aliphatic heterocycles. The fourth-order valence-corrected chi connectivity index (χ4v) is 3.67. The summed E-state index contributed by atoms with van der Waals surface area (Å²) in [4.78, 5) is 12.6. The molecular formula is C24H20N4O. The molecule has 5 rings (SSSR count). The largest absolute Gasteiger partial charge is 0.339 e. The van der Waals surface area contributed by atoms with E-state index >= 15 is 0 Å². The summed E-state index contributed by atoms with van der Waals surface area (Å²) in [6, 6.07) is 28.5. The Morgan fingerprint density at radius 3 is 2.10 bits per heavy atom. The lowest BCUT2D eigenvalue weighted by atomic mass is 9.85. The van der Waals surface area contributed by atoms with Crippen molar-refractivity contribution in [1.82, 2.24) is 19.5 Å². The van der Waals surface area contributed by atoms with Crippen LogP contribution in [0.2, 0.25) is 0 Å². The summed E-state index contributed by atoms with van der Waals surface area (Å²) >= 11 is 0. The molecule has 0 aliphatic rings. The van der Waals surface area contributed by atoms with Gasteiger partial charge in [0.2, 0.25) is 0 Å². The van der Waals surface area contributed by atoms with Crippen molar-refractivity contribution < 1.29 is 4.74 Å². The number of benzene rings is 3.